The minimum atomic E-state index is -0.227. The number of amides is 1. The van der Waals surface area contributed by atoms with E-state index in [4.69, 9.17) is 14.2 Å². The summed E-state index contributed by atoms with van der Waals surface area (Å²) in [7, 11) is 1.57. The molecule has 0 spiro atoms. The largest absolute Gasteiger partial charge is 0.493 e. The van der Waals surface area contributed by atoms with E-state index in [-0.39, 0.29) is 5.91 Å². The number of carbonyl (C=O) groups is 1. The quantitative estimate of drug-likeness (QED) is 0.631. The summed E-state index contributed by atoms with van der Waals surface area (Å²) in [6.07, 6.45) is 0. The molecule has 0 radical (unpaired) electrons. The van der Waals surface area contributed by atoms with E-state index in [1.54, 1.807) is 37.4 Å². The van der Waals surface area contributed by atoms with E-state index in [1.165, 1.54) is 0 Å². The molecule has 5 heteroatoms. The first-order chi connectivity index (χ1) is 13.2. The number of hydrogen-bond acceptors (Lipinski definition) is 4. The zero-order valence-corrected chi connectivity index (χ0v) is 15.3. The van der Waals surface area contributed by atoms with Gasteiger partial charge in [0.05, 0.1) is 13.7 Å². The molecule has 0 atom stereocenters. The van der Waals surface area contributed by atoms with Gasteiger partial charge < -0.3 is 19.5 Å². The van der Waals surface area contributed by atoms with Crippen LogP contribution in [0, 0.1) is 0 Å². The van der Waals surface area contributed by atoms with Gasteiger partial charge in [0.2, 0.25) is 0 Å². The summed E-state index contributed by atoms with van der Waals surface area (Å²) >= 11 is 0. The zero-order chi connectivity index (χ0) is 19.1. The van der Waals surface area contributed by atoms with Crippen molar-refractivity contribution in [2.24, 2.45) is 0 Å². The summed E-state index contributed by atoms with van der Waals surface area (Å²) in [6, 6.07) is 21.8. The van der Waals surface area contributed by atoms with Crippen LogP contribution in [-0.4, -0.2) is 19.6 Å². The highest BCUT2D eigenvalue weighted by Crippen LogP contribution is 2.28. The van der Waals surface area contributed by atoms with Crippen LogP contribution in [0.3, 0.4) is 0 Å². The van der Waals surface area contributed by atoms with E-state index >= 15 is 0 Å². The van der Waals surface area contributed by atoms with Crippen LogP contribution < -0.4 is 19.5 Å². The normalized spacial score (nSPS) is 10.1. The van der Waals surface area contributed by atoms with E-state index in [1.807, 2.05) is 49.4 Å². The van der Waals surface area contributed by atoms with Crippen LogP contribution in [0.4, 0.5) is 5.69 Å². The highest BCUT2D eigenvalue weighted by Gasteiger charge is 2.11. The number of nitrogens with one attached hydrogen (secondary N) is 1. The van der Waals surface area contributed by atoms with E-state index < -0.39 is 0 Å². The summed E-state index contributed by atoms with van der Waals surface area (Å²) in [5.41, 5.74) is 1.16. The third-order valence-corrected chi connectivity index (χ3v) is 3.82. The fourth-order valence-corrected chi connectivity index (χ4v) is 2.52. The van der Waals surface area contributed by atoms with Gasteiger partial charge in [-0.2, -0.15) is 0 Å². The molecule has 0 bridgehead atoms. The van der Waals surface area contributed by atoms with Crippen LogP contribution in [0.2, 0.25) is 0 Å². The third-order valence-electron chi connectivity index (χ3n) is 3.82. The number of hydrogen-bond donors (Lipinski definition) is 1. The van der Waals surface area contributed by atoms with Gasteiger partial charge in [0.1, 0.15) is 11.5 Å². The zero-order valence-electron chi connectivity index (χ0n) is 15.3. The molecule has 3 aromatic rings. The van der Waals surface area contributed by atoms with Crippen molar-refractivity contribution in [1.82, 2.24) is 0 Å². The molecule has 0 heterocycles. The second-order valence-electron chi connectivity index (χ2n) is 5.69. The van der Waals surface area contributed by atoms with Gasteiger partial charge in [-0.3, -0.25) is 4.79 Å². The Morgan fingerprint density at radius 1 is 0.889 bits per heavy atom. The average molecular weight is 363 g/mol. The molecule has 0 fully saturated rings. The second-order valence-corrected chi connectivity index (χ2v) is 5.69. The molecule has 0 saturated heterocycles. The smallest absolute Gasteiger partial charge is 0.255 e. The van der Waals surface area contributed by atoms with Crippen molar-refractivity contribution in [2.75, 3.05) is 19.0 Å². The third kappa shape index (κ3) is 4.79. The lowest BCUT2D eigenvalue weighted by Gasteiger charge is -2.11. The lowest BCUT2D eigenvalue weighted by atomic mass is 10.2. The van der Waals surface area contributed by atoms with Crippen LogP contribution in [0.1, 0.15) is 17.3 Å². The maximum absolute atomic E-state index is 12.5. The summed E-state index contributed by atoms with van der Waals surface area (Å²) in [6.45, 7) is 2.37. The van der Waals surface area contributed by atoms with Crippen molar-refractivity contribution in [3.8, 4) is 23.0 Å². The molecular weight excluding hydrogens is 342 g/mol. The van der Waals surface area contributed by atoms with E-state index in [9.17, 15) is 4.79 Å². The van der Waals surface area contributed by atoms with Crippen LogP contribution >= 0.6 is 0 Å². The van der Waals surface area contributed by atoms with Crippen LogP contribution in [-0.2, 0) is 0 Å². The molecule has 0 aromatic heterocycles. The van der Waals surface area contributed by atoms with E-state index in [0.717, 1.165) is 5.75 Å². The molecular formula is C22H21NO4. The summed E-state index contributed by atoms with van der Waals surface area (Å²) < 4.78 is 16.5. The van der Waals surface area contributed by atoms with Crippen molar-refractivity contribution in [3.05, 3.63) is 78.4 Å². The lowest BCUT2D eigenvalue weighted by molar-refractivity contribution is 0.102. The Bertz CT molecular complexity index is 892. The molecule has 1 amide bonds. The van der Waals surface area contributed by atoms with Crippen molar-refractivity contribution in [1.29, 1.82) is 0 Å². The van der Waals surface area contributed by atoms with Gasteiger partial charge in [-0.1, -0.05) is 18.2 Å². The number of anilines is 1. The van der Waals surface area contributed by atoms with Crippen molar-refractivity contribution < 1.29 is 19.0 Å². The number of ether oxygens (including phenoxy) is 3. The van der Waals surface area contributed by atoms with Crippen molar-refractivity contribution in [3.63, 3.8) is 0 Å². The van der Waals surface area contributed by atoms with E-state index in [2.05, 4.69) is 5.32 Å². The molecule has 27 heavy (non-hydrogen) atoms. The van der Waals surface area contributed by atoms with E-state index in [0.29, 0.717) is 35.1 Å². The summed E-state index contributed by atoms with van der Waals surface area (Å²) in [4.78, 5) is 12.5. The molecule has 0 saturated carbocycles. The summed E-state index contributed by atoms with van der Waals surface area (Å²) in [5, 5.41) is 2.87. The van der Waals surface area contributed by atoms with Gasteiger partial charge in [0, 0.05) is 11.3 Å². The molecule has 5 nitrogen and oxygen atoms in total. The van der Waals surface area contributed by atoms with Crippen LogP contribution in [0.5, 0.6) is 23.0 Å². The molecule has 1 N–H and O–H groups in total. The Kier molecular flexibility index (Phi) is 5.94. The Balaban J connectivity index is 1.68. The molecule has 3 rings (SSSR count). The van der Waals surface area contributed by atoms with Gasteiger partial charge in [-0.15, -0.1) is 0 Å². The first kappa shape index (κ1) is 18.3. The number of benzene rings is 3. The first-order valence-corrected chi connectivity index (χ1v) is 8.64. The predicted molar refractivity (Wildman–Crippen MR) is 105 cm³/mol. The molecule has 3 aromatic carbocycles. The minimum absolute atomic E-state index is 0.227. The SMILES string of the molecule is CCOc1cc(C(=O)Nc2ccc(Oc3ccccc3)cc2)ccc1OC. The molecule has 0 aliphatic rings. The van der Waals surface area contributed by atoms with Gasteiger partial charge in [-0.25, -0.2) is 0 Å². The minimum Gasteiger partial charge on any atom is -0.493 e. The fourth-order valence-electron chi connectivity index (χ4n) is 2.52. The standard InChI is InChI=1S/C22H21NO4/c1-3-26-21-15-16(9-14-20(21)25-2)22(24)23-17-10-12-19(13-11-17)27-18-7-5-4-6-8-18/h4-15H,3H2,1-2H3,(H,23,24). The maximum atomic E-state index is 12.5. The van der Waals surface area contributed by atoms with Gasteiger partial charge >= 0.3 is 0 Å². The van der Waals surface area contributed by atoms with Gasteiger partial charge in [0.15, 0.2) is 11.5 Å². The van der Waals surface area contributed by atoms with Crippen molar-refractivity contribution >= 4 is 11.6 Å². The highest BCUT2D eigenvalue weighted by molar-refractivity contribution is 6.04. The van der Waals surface area contributed by atoms with Crippen LogP contribution in [0.25, 0.3) is 0 Å². The number of carbonyl (C=O) groups excluding carboxylic acids is 1. The molecule has 138 valence electrons. The maximum Gasteiger partial charge on any atom is 0.255 e. The predicted octanol–water partition coefficient (Wildman–Crippen LogP) is 5.14. The monoisotopic (exact) mass is 363 g/mol. The second kappa shape index (κ2) is 8.76. The first-order valence-electron chi connectivity index (χ1n) is 8.64. The highest BCUT2D eigenvalue weighted by atomic mass is 16.5. The number of para-hydroxylation sites is 1. The molecule has 0 unspecified atom stereocenters. The Hall–Kier alpha value is -3.47. The fraction of sp³-hybridized carbons (Fsp3) is 0.136. The average Bonchev–Trinajstić information content (AvgIpc) is 2.70. The Labute approximate surface area is 158 Å². The van der Waals surface area contributed by atoms with Gasteiger partial charge in [-0.05, 0) is 61.5 Å². The Morgan fingerprint density at radius 2 is 1.59 bits per heavy atom. The number of methoxy groups -OCH3 is 1. The Morgan fingerprint density at radius 3 is 2.26 bits per heavy atom. The summed E-state index contributed by atoms with van der Waals surface area (Å²) in [5.74, 6) is 2.36. The van der Waals surface area contributed by atoms with Crippen molar-refractivity contribution in [2.45, 2.75) is 6.92 Å². The molecule has 0 aliphatic carbocycles. The number of rotatable bonds is 7. The lowest BCUT2D eigenvalue weighted by Crippen LogP contribution is -2.12. The topological polar surface area (TPSA) is 56.8 Å². The van der Waals surface area contributed by atoms with Gasteiger partial charge in [0.25, 0.3) is 5.91 Å². The van der Waals surface area contributed by atoms with Crippen LogP contribution in [0.15, 0.2) is 72.8 Å². The molecule has 0 aliphatic heterocycles.